The summed E-state index contributed by atoms with van der Waals surface area (Å²) in [6.45, 7) is 7.22. The second-order valence-electron chi connectivity index (χ2n) is 10.1. The molecule has 3 amide bonds. The van der Waals surface area contributed by atoms with E-state index in [0.717, 1.165) is 24.2 Å². The summed E-state index contributed by atoms with van der Waals surface area (Å²) in [4.78, 5) is 40.5. The van der Waals surface area contributed by atoms with Gasteiger partial charge in [0, 0.05) is 45.3 Å². The van der Waals surface area contributed by atoms with Crippen LogP contribution in [0.4, 0.5) is 10.5 Å². The molecule has 0 bridgehead atoms. The van der Waals surface area contributed by atoms with Crippen LogP contribution >= 0.6 is 0 Å². The largest absolute Gasteiger partial charge is 0.380 e. The number of carbonyl (C=O) groups is 3. The molecular formula is C24H32N6O3. The van der Waals surface area contributed by atoms with E-state index in [1.165, 1.54) is 0 Å². The van der Waals surface area contributed by atoms with Gasteiger partial charge in [0.05, 0.1) is 28.2 Å². The number of Topliss-reactive ketones (excluding diaryl/α,β-unsaturated/α-hetero) is 1. The molecule has 9 nitrogen and oxygen atoms in total. The molecule has 3 N–H and O–H groups in total. The molecule has 1 unspecified atom stereocenters. The number of nitrogens with one attached hydrogen (secondary N) is 1. The molecule has 1 aromatic carbocycles. The zero-order chi connectivity index (χ0) is 24.1. The van der Waals surface area contributed by atoms with Gasteiger partial charge in [0.1, 0.15) is 0 Å². The summed E-state index contributed by atoms with van der Waals surface area (Å²) in [5, 5.41) is 8.09. The molecule has 2 aliphatic rings. The van der Waals surface area contributed by atoms with Crippen LogP contribution in [0.25, 0.3) is 5.69 Å². The Hall–Kier alpha value is -3.36. The molecule has 2 aromatic rings. The smallest absolute Gasteiger partial charge is 0.319 e. The van der Waals surface area contributed by atoms with E-state index in [1.807, 2.05) is 17.7 Å². The monoisotopic (exact) mass is 452 g/mol. The van der Waals surface area contributed by atoms with Crippen molar-refractivity contribution < 1.29 is 14.4 Å². The number of hydrogen-bond acceptors (Lipinski definition) is 5. The summed E-state index contributed by atoms with van der Waals surface area (Å²) in [5.74, 6) is -0.410. The summed E-state index contributed by atoms with van der Waals surface area (Å²) in [5.41, 5.74) is 9.56. The number of fused-ring (bicyclic) bond motifs is 1. The normalized spacial score (nSPS) is 19.4. The van der Waals surface area contributed by atoms with Gasteiger partial charge in [-0.15, -0.1) is 0 Å². The van der Waals surface area contributed by atoms with Crippen molar-refractivity contribution in [1.82, 2.24) is 19.6 Å². The topological polar surface area (TPSA) is 114 Å². The van der Waals surface area contributed by atoms with E-state index in [9.17, 15) is 14.4 Å². The highest BCUT2D eigenvalue weighted by Crippen LogP contribution is 2.37. The number of anilines is 1. The number of nitrogens with two attached hydrogens (primary N) is 1. The van der Waals surface area contributed by atoms with Crippen LogP contribution in [0.3, 0.4) is 0 Å². The lowest BCUT2D eigenvalue weighted by atomic mass is 9.75. The van der Waals surface area contributed by atoms with Gasteiger partial charge in [-0.2, -0.15) is 5.10 Å². The molecular weight excluding hydrogens is 420 g/mol. The Balaban J connectivity index is 1.68. The quantitative estimate of drug-likeness (QED) is 0.740. The van der Waals surface area contributed by atoms with Gasteiger partial charge in [0.25, 0.3) is 5.91 Å². The minimum Gasteiger partial charge on any atom is -0.380 e. The minimum absolute atomic E-state index is 0.00367. The third-order valence-corrected chi connectivity index (χ3v) is 6.43. The molecule has 33 heavy (non-hydrogen) atoms. The first-order chi connectivity index (χ1) is 15.5. The SMILES string of the molecule is Cc1nn(-c2ccc(C(N)=O)c(NC3CCN(C(=O)N(C)C)C3)c2)c2c1C(=O)CC(C)(C)C2. The maximum Gasteiger partial charge on any atom is 0.319 e. The molecule has 176 valence electrons. The molecule has 1 fully saturated rings. The molecule has 0 saturated carbocycles. The van der Waals surface area contributed by atoms with Gasteiger partial charge in [0.15, 0.2) is 5.78 Å². The molecule has 2 heterocycles. The van der Waals surface area contributed by atoms with Gasteiger partial charge in [-0.1, -0.05) is 13.8 Å². The van der Waals surface area contributed by atoms with E-state index >= 15 is 0 Å². The van der Waals surface area contributed by atoms with Crippen LogP contribution in [0.5, 0.6) is 0 Å². The number of aryl methyl sites for hydroxylation is 1. The van der Waals surface area contributed by atoms with Crippen molar-refractivity contribution in [2.75, 3.05) is 32.5 Å². The highest BCUT2D eigenvalue weighted by atomic mass is 16.2. The number of ketones is 1. The first-order valence-corrected chi connectivity index (χ1v) is 11.3. The number of nitrogens with zero attached hydrogens (tertiary/aromatic N) is 4. The van der Waals surface area contributed by atoms with Crippen molar-refractivity contribution >= 4 is 23.4 Å². The summed E-state index contributed by atoms with van der Waals surface area (Å²) in [6, 6.07) is 5.32. The number of carbonyl (C=O) groups excluding carboxylic acids is 3. The maximum atomic E-state index is 12.8. The summed E-state index contributed by atoms with van der Waals surface area (Å²) < 4.78 is 1.82. The van der Waals surface area contributed by atoms with Gasteiger partial charge in [-0.3, -0.25) is 9.59 Å². The molecule has 0 radical (unpaired) electrons. The van der Waals surface area contributed by atoms with E-state index in [0.29, 0.717) is 42.0 Å². The van der Waals surface area contributed by atoms with E-state index in [4.69, 9.17) is 5.73 Å². The first kappa shape index (κ1) is 22.8. The average Bonchev–Trinajstić information content (AvgIpc) is 3.30. The second kappa shape index (κ2) is 8.20. The van der Waals surface area contributed by atoms with Crippen molar-refractivity contribution in [3.05, 3.63) is 40.7 Å². The van der Waals surface area contributed by atoms with Gasteiger partial charge < -0.3 is 20.9 Å². The van der Waals surface area contributed by atoms with Gasteiger partial charge in [-0.05, 0) is 43.4 Å². The van der Waals surface area contributed by atoms with Crippen LogP contribution < -0.4 is 11.1 Å². The fraction of sp³-hybridized carbons (Fsp3) is 0.500. The summed E-state index contributed by atoms with van der Waals surface area (Å²) >= 11 is 0. The highest BCUT2D eigenvalue weighted by Gasteiger charge is 2.36. The zero-order valence-electron chi connectivity index (χ0n) is 19.9. The molecule has 1 aliphatic heterocycles. The van der Waals surface area contributed by atoms with E-state index in [2.05, 4.69) is 24.3 Å². The molecule has 0 spiro atoms. The van der Waals surface area contributed by atoms with Crippen LogP contribution in [0.2, 0.25) is 0 Å². The number of urea groups is 1. The number of likely N-dealkylation sites (tertiary alicyclic amines) is 1. The molecule has 9 heteroatoms. The van der Waals surface area contributed by atoms with Gasteiger partial charge in [-0.25, -0.2) is 9.48 Å². The minimum atomic E-state index is -0.529. The zero-order valence-corrected chi connectivity index (χ0v) is 19.9. The highest BCUT2D eigenvalue weighted by molar-refractivity contribution is 6.00. The van der Waals surface area contributed by atoms with Gasteiger partial charge in [0.2, 0.25) is 0 Å². The molecule has 1 atom stereocenters. The third-order valence-electron chi connectivity index (χ3n) is 6.43. The van der Waals surface area contributed by atoms with Crippen LogP contribution in [0, 0.1) is 12.3 Å². The van der Waals surface area contributed by atoms with E-state index in [-0.39, 0.29) is 23.3 Å². The number of hydrogen-bond donors (Lipinski definition) is 2. The Bertz CT molecular complexity index is 1130. The van der Waals surface area contributed by atoms with Crippen LogP contribution in [-0.2, 0) is 6.42 Å². The lowest BCUT2D eigenvalue weighted by molar-refractivity contribution is 0.0909. The first-order valence-electron chi connectivity index (χ1n) is 11.3. The predicted molar refractivity (Wildman–Crippen MR) is 126 cm³/mol. The fourth-order valence-corrected chi connectivity index (χ4v) is 4.91. The molecule has 1 aromatic heterocycles. The second-order valence-corrected chi connectivity index (χ2v) is 10.1. The Morgan fingerprint density at radius 2 is 1.97 bits per heavy atom. The lowest BCUT2D eigenvalue weighted by Gasteiger charge is -2.29. The van der Waals surface area contributed by atoms with E-state index in [1.54, 1.807) is 36.0 Å². The predicted octanol–water partition coefficient (Wildman–Crippen LogP) is 2.60. The van der Waals surface area contributed by atoms with Crippen molar-refractivity contribution in [2.24, 2.45) is 11.1 Å². The summed E-state index contributed by atoms with van der Waals surface area (Å²) in [7, 11) is 3.47. The van der Waals surface area contributed by atoms with Crippen molar-refractivity contribution in [2.45, 2.75) is 46.1 Å². The van der Waals surface area contributed by atoms with Crippen LogP contribution in [-0.4, -0.2) is 70.5 Å². The number of benzene rings is 1. The number of primary amides is 1. The Labute approximate surface area is 193 Å². The van der Waals surface area contributed by atoms with Crippen molar-refractivity contribution in [3.63, 3.8) is 0 Å². The average molecular weight is 453 g/mol. The standard InChI is InChI=1S/C24H32N6O3/c1-14-21-19(11-24(2,3)12-20(21)31)30(27-14)16-6-7-17(22(25)32)18(10-16)26-15-8-9-29(13-15)23(33)28(4)5/h6-7,10,15,26H,8-9,11-13H2,1-5H3,(H2,25,32). The fourth-order valence-electron chi connectivity index (χ4n) is 4.91. The third kappa shape index (κ3) is 4.31. The van der Waals surface area contributed by atoms with E-state index < -0.39 is 5.91 Å². The summed E-state index contributed by atoms with van der Waals surface area (Å²) in [6.07, 6.45) is 2.00. The van der Waals surface area contributed by atoms with Crippen molar-refractivity contribution in [3.8, 4) is 5.69 Å². The Morgan fingerprint density at radius 3 is 2.64 bits per heavy atom. The van der Waals surface area contributed by atoms with Gasteiger partial charge >= 0.3 is 6.03 Å². The van der Waals surface area contributed by atoms with Crippen LogP contribution in [0.1, 0.15) is 58.8 Å². The van der Waals surface area contributed by atoms with Crippen molar-refractivity contribution in [1.29, 1.82) is 0 Å². The van der Waals surface area contributed by atoms with Crippen LogP contribution in [0.15, 0.2) is 18.2 Å². The number of amides is 3. The maximum absolute atomic E-state index is 12.8. The lowest BCUT2D eigenvalue weighted by Crippen LogP contribution is -2.38. The molecule has 1 aliphatic carbocycles. The number of rotatable bonds is 4. The Morgan fingerprint density at radius 1 is 1.24 bits per heavy atom. The molecule has 4 rings (SSSR count). The Kier molecular flexibility index (Phi) is 5.67. The number of aromatic nitrogens is 2. The molecule has 1 saturated heterocycles.